The highest BCUT2D eigenvalue weighted by molar-refractivity contribution is 6.11. The Bertz CT molecular complexity index is 3440. The van der Waals surface area contributed by atoms with Gasteiger partial charge in [-0.05, 0) is 110 Å². The molecule has 10 rings (SSSR count). The van der Waals surface area contributed by atoms with Gasteiger partial charge in [0.25, 0.3) is 0 Å². The molecule has 10 aromatic rings. The predicted molar refractivity (Wildman–Crippen MR) is 293 cm³/mol. The normalized spacial score (nSPS) is 12.1. The molecular formula is C65H56N4. The SMILES string of the molecule is C=C/C=C(\C=C)c1cc(-c2nc(-c3ccccc3)nc(-c3cc(-c4ccccc4)cc(-c4ccccc4)c3)n2)cc(-c2ccccc2)c1-n1c2ccc(C(C)(C)C)cc2c2cc(C(C)(C)C)ccc21. The minimum absolute atomic E-state index is 0.0387. The number of fused-ring (bicyclic) bond motifs is 3. The van der Waals surface area contributed by atoms with Crippen molar-refractivity contribution in [3.63, 3.8) is 0 Å². The topological polar surface area (TPSA) is 43.6 Å². The van der Waals surface area contributed by atoms with Gasteiger partial charge in [-0.2, -0.15) is 0 Å². The number of allylic oxidation sites excluding steroid dienone is 4. The Morgan fingerprint density at radius 3 is 1.26 bits per heavy atom. The molecule has 0 amide bonds. The van der Waals surface area contributed by atoms with Crippen molar-refractivity contribution in [2.75, 3.05) is 0 Å². The van der Waals surface area contributed by atoms with Crippen molar-refractivity contribution in [1.82, 2.24) is 19.5 Å². The van der Waals surface area contributed by atoms with Crippen molar-refractivity contribution < 1.29 is 0 Å². The Kier molecular flexibility index (Phi) is 11.7. The lowest BCUT2D eigenvalue weighted by Crippen LogP contribution is -2.10. The molecule has 0 fully saturated rings. The van der Waals surface area contributed by atoms with Gasteiger partial charge in [0.2, 0.25) is 0 Å². The fraction of sp³-hybridized carbons (Fsp3) is 0.123. The summed E-state index contributed by atoms with van der Waals surface area (Å²) in [5.41, 5.74) is 16.8. The molecule has 0 spiro atoms. The maximum atomic E-state index is 5.44. The zero-order chi connectivity index (χ0) is 47.9. The summed E-state index contributed by atoms with van der Waals surface area (Å²) in [5, 5.41) is 2.43. The number of hydrogen-bond acceptors (Lipinski definition) is 3. The van der Waals surface area contributed by atoms with Gasteiger partial charge in [-0.15, -0.1) is 0 Å². The highest BCUT2D eigenvalue weighted by Gasteiger charge is 2.26. The summed E-state index contributed by atoms with van der Waals surface area (Å²) < 4.78 is 2.46. The molecule has 0 saturated carbocycles. The van der Waals surface area contributed by atoms with Crippen molar-refractivity contribution in [3.8, 4) is 73.2 Å². The highest BCUT2D eigenvalue weighted by Crippen LogP contribution is 2.44. The van der Waals surface area contributed by atoms with Gasteiger partial charge in [-0.25, -0.2) is 15.0 Å². The number of benzene rings is 8. The lowest BCUT2D eigenvalue weighted by molar-refractivity contribution is 0.590. The Hall–Kier alpha value is -8.21. The number of nitrogens with zero attached hydrogens (tertiary/aromatic N) is 4. The predicted octanol–water partition coefficient (Wildman–Crippen LogP) is 17.3. The van der Waals surface area contributed by atoms with Crippen LogP contribution in [0.3, 0.4) is 0 Å². The molecule has 336 valence electrons. The molecule has 2 aromatic heterocycles. The Morgan fingerprint density at radius 2 is 0.826 bits per heavy atom. The van der Waals surface area contributed by atoms with Crippen LogP contribution in [0.1, 0.15) is 58.2 Å². The molecule has 8 aromatic carbocycles. The standard InChI is InChI=1S/C65H56N4/c1-9-23-43(10-2)54-39-51(40-55(46-28-19-13-20-29-46)60(54)69-58-34-32-52(64(3,4)5)41-56(58)57-42-53(65(6,7)8)33-35-59(57)69)63-67-61(47-30-21-14-22-31-47)66-62(68-63)50-37-48(44-24-15-11-16-25-44)36-49(38-50)45-26-17-12-18-27-45/h9-42H,1-2H2,3-8H3/b43-23+. The number of rotatable bonds is 10. The molecule has 0 atom stereocenters. The second-order valence-electron chi connectivity index (χ2n) is 19.9. The van der Waals surface area contributed by atoms with E-state index in [9.17, 15) is 0 Å². The number of hydrogen-bond donors (Lipinski definition) is 0. The average Bonchev–Trinajstić information content (AvgIpc) is 3.70. The molecular weight excluding hydrogens is 837 g/mol. The highest BCUT2D eigenvalue weighted by atomic mass is 15.0. The van der Waals surface area contributed by atoms with Crippen LogP contribution in [0.5, 0.6) is 0 Å². The lowest BCUT2D eigenvalue weighted by Gasteiger charge is -2.22. The number of aromatic nitrogens is 4. The van der Waals surface area contributed by atoms with Gasteiger partial charge in [0.1, 0.15) is 0 Å². The quantitative estimate of drug-likeness (QED) is 0.129. The fourth-order valence-electron chi connectivity index (χ4n) is 9.36. The third-order valence-corrected chi connectivity index (χ3v) is 13.1. The molecule has 2 heterocycles. The minimum Gasteiger partial charge on any atom is -0.308 e. The molecule has 0 N–H and O–H groups in total. The van der Waals surface area contributed by atoms with Crippen molar-refractivity contribution in [1.29, 1.82) is 0 Å². The Morgan fingerprint density at radius 1 is 0.420 bits per heavy atom. The van der Waals surface area contributed by atoms with Gasteiger partial charge in [-0.3, -0.25) is 0 Å². The van der Waals surface area contributed by atoms with Gasteiger partial charge in [0.15, 0.2) is 17.5 Å². The molecule has 0 aliphatic heterocycles. The van der Waals surface area contributed by atoms with Gasteiger partial charge in [0, 0.05) is 38.6 Å². The van der Waals surface area contributed by atoms with E-state index in [4.69, 9.17) is 15.0 Å². The third-order valence-electron chi connectivity index (χ3n) is 13.1. The van der Waals surface area contributed by atoms with Crippen molar-refractivity contribution in [2.24, 2.45) is 0 Å². The van der Waals surface area contributed by atoms with Crippen LogP contribution in [-0.2, 0) is 10.8 Å². The summed E-state index contributed by atoms with van der Waals surface area (Å²) in [6.07, 6.45) is 5.81. The second-order valence-corrected chi connectivity index (χ2v) is 19.9. The summed E-state index contributed by atoms with van der Waals surface area (Å²) in [6, 6.07) is 67.0. The Labute approximate surface area is 406 Å². The summed E-state index contributed by atoms with van der Waals surface area (Å²) in [6.45, 7) is 22.3. The zero-order valence-electron chi connectivity index (χ0n) is 40.3. The van der Waals surface area contributed by atoms with E-state index in [1.807, 2.05) is 48.6 Å². The molecule has 4 heteroatoms. The van der Waals surface area contributed by atoms with E-state index < -0.39 is 0 Å². The first-order valence-electron chi connectivity index (χ1n) is 23.7. The summed E-state index contributed by atoms with van der Waals surface area (Å²) in [5.74, 6) is 1.73. The molecule has 0 saturated heterocycles. The van der Waals surface area contributed by atoms with Crippen molar-refractivity contribution in [3.05, 3.63) is 236 Å². The monoisotopic (exact) mass is 892 g/mol. The zero-order valence-corrected chi connectivity index (χ0v) is 40.3. The molecule has 0 bridgehead atoms. The van der Waals surface area contributed by atoms with Crippen LogP contribution in [0.2, 0.25) is 0 Å². The van der Waals surface area contributed by atoms with Gasteiger partial charge < -0.3 is 4.57 Å². The van der Waals surface area contributed by atoms with E-state index in [1.165, 1.54) is 21.9 Å². The molecule has 4 nitrogen and oxygen atoms in total. The molecule has 69 heavy (non-hydrogen) atoms. The van der Waals surface area contributed by atoms with Gasteiger partial charge >= 0.3 is 0 Å². The van der Waals surface area contributed by atoms with Crippen LogP contribution in [0.4, 0.5) is 0 Å². The van der Waals surface area contributed by atoms with Gasteiger partial charge in [-0.1, -0.05) is 206 Å². The first-order chi connectivity index (χ1) is 33.4. The summed E-state index contributed by atoms with van der Waals surface area (Å²) >= 11 is 0. The van der Waals surface area contributed by atoms with Crippen LogP contribution in [-0.4, -0.2) is 19.5 Å². The van der Waals surface area contributed by atoms with Crippen LogP contribution in [0.25, 0.3) is 101 Å². The Balaban J connectivity index is 1.30. The van der Waals surface area contributed by atoms with Crippen molar-refractivity contribution >= 4 is 27.4 Å². The molecule has 0 unspecified atom stereocenters. The van der Waals surface area contributed by atoms with E-state index in [2.05, 4.69) is 217 Å². The third kappa shape index (κ3) is 8.78. The molecule has 0 aliphatic carbocycles. The van der Waals surface area contributed by atoms with E-state index in [1.54, 1.807) is 0 Å². The van der Waals surface area contributed by atoms with Crippen LogP contribution >= 0.6 is 0 Å². The average molecular weight is 893 g/mol. The minimum atomic E-state index is -0.0387. The maximum absolute atomic E-state index is 5.44. The van der Waals surface area contributed by atoms with E-state index >= 15 is 0 Å². The van der Waals surface area contributed by atoms with Gasteiger partial charge in [0.05, 0.1) is 16.7 Å². The molecule has 0 aliphatic rings. The largest absolute Gasteiger partial charge is 0.308 e. The second kappa shape index (κ2) is 18.1. The van der Waals surface area contributed by atoms with Crippen LogP contribution in [0, 0.1) is 0 Å². The van der Waals surface area contributed by atoms with E-state index in [0.29, 0.717) is 17.5 Å². The summed E-state index contributed by atoms with van der Waals surface area (Å²) in [7, 11) is 0. The van der Waals surface area contributed by atoms with E-state index in [0.717, 1.165) is 77.9 Å². The lowest BCUT2D eigenvalue weighted by atomic mass is 9.85. The first kappa shape index (κ1) is 44.6. The summed E-state index contributed by atoms with van der Waals surface area (Å²) in [4.78, 5) is 16.0. The smallest absolute Gasteiger partial charge is 0.164 e. The first-order valence-corrected chi connectivity index (χ1v) is 23.7. The fourth-order valence-corrected chi connectivity index (χ4v) is 9.36. The molecule has 0 radical (unpaired) electrons. The van der Waals surface area contributed by atoms with E-state index in [-0.39, 0.29) is 10.8 Å². The van der Waals surface area contributed by atoms with Crippen molar-refractivity contribution in [2.45, 2.75) is 52.4 Å². The van der Waals surface area contributed by atoms with Crippen LogP contribution in [0.15, 0.2) is 219 Å². The maximum Gasteiger partial charge on any atom is 0.164 e. The van der Waals surface area contributed by atoms with Crippen LogP contribution < -0.4 is 0 Å².